The summed E-state index contributed by atoms with van der Waals surface area (Å²) in [4.78, 5) is 26.9. The number of quaternary nitrogens is 1. The third kappa shape index (κ3) is 3.52. The predicted octanol–water partition coefficient (Wildman–Crippen LogP) is 2.07. The first-order valence-electron chi connectivity index (χ1n) is 9.05. The van der Waals surface area contributed by atoms with Gasteiger partial charge in [0, 0.05) is 28.5 Å². The van der Waals surface area contributed by atoms with E-state index in [1.54, 1.807) is 24.3 Å². The van der Waals surface area contributed by atoms with Gasteiger partial charge in [0.05, 0.1) is 19.2 Å². The number of methoxy groups -OCH3 is 1. The van der Waals surface area contributed by atoms with Crippen molar-refractivity contribution in [1.82, 2.24) is 0 Å². The van der Waals surface area contributed by atoms with E-state index in [0.29, 0.717) is 23.8 Å². The van der Waals surface area contributed by atoms with Crippen LogP contribution >= 0.6 is 11.3 Å². The molecule has 1 fully saturated rings. The third-order valence-corrected chi connectivity index (χ3v) is 6.30. The van der Waals surface area contributed by atoms with Gasteiger partial charge in [0.1, 0.15) is 6.04 Å². The molecule has 2 aliphatic rings. The molecule has 1 amide bonds. The molecule has 5 nitrogen and oxygen atoms in total. The molecule has 2 heterocycles. The number of benzene rings is 1. The van der Waals surface area contributed by atoms with Gasteiger partial charge in [-0.25, -0.2) is 4.79 Å². The zero-order chi connectivity index (χ0) is 18.1. The standard InChI is InChI=1S/C20H22N2O3S/c1-25-20(24)14-4-6-15(7-5-14)21-18(23)12-22-10-8-17-16(9-11-26-17)19(22)13-2-3-13/h4-7,9,11,13,19H,2-3,8,10,12H2,1H3,(H,21,23)/p+1/t19-/m0/s1. The van der Waals surface area contributed by atoms with Crippen molar-refractivity contribution < 1.29 is 19.2 Å². The highest BCUT2D eigenvalue weighted by Gasteiger charge is 2.43. The summed E-state index contributed by atoms with van der Waals surface area (Å²) in [6.45, 7) is 1.50. The number of esters is 1. The van der Waals surface area contributed by atoms with Gasteiger partial charge in [0.2, 0.25) is 0 Å². The summed E-state index contributed by atoms with van der Waals surface area (Å²) in [5.41, 5.74) is 2.65. The van der Waals surface area contributed by atoms with E-state index in [1.165, 1.54) is 35.3 Å². The first kappa shape index (κ1) is 17.2. The molecule has 1 unspecified atom stereocenters. The first-order valence-corrected chi connectivity index (χ1v) is 9.92. The Morgan fingerprint density at radius 2 is 2.00 bits per heavy atom. The van der Waals surface area contributed by atoms with Crippen LogP contribution in [0.5, 0.6) is 0 Å². The summed E-state index contributed by atoms with van der Waals surface area (Å²) in [5.74, 6) is 0.375. The number of amides is 1. The Kier molecular flexibility index (Phi) is 4.78. The molecule has 2 N–H and O–H groups in total. The Balaban J connectivity index is 1.41. The highest BCUT2D eigenvalue weighted by molar-refractivity contribution is 7.10. The van der Waals surface area contributed by atoms with Gasteiger partial charge in [-0.15, -0.1) is 11.3 Å². The number of thiophene rings is 1. The van der Waals surface area contributed by atoms with Gasteiger partial charge in [-0.1, -0.05) is 0 Å². The van der Waals surface area contributed by atoms with E-state index in [4.69, 9.17) is 4.74 Å². The lowest BCUT2D eigenvalue weighted by Gasteiger charge is -2.32. The van der Waals surface area contributed by atoms with Gasteiger partial charge >= 0.3 is 5.97 Å². The van der Waals surface area contributed by atoms with E-state index in [-0.39, 0.29) is 11.9 Å². The number of anilines is 1. The van der Waals surface area contributed by atoms with Crippen LogP contribution in [0.15, 0.2) is 35.7 Å². The highest BCUT2D eigenvalue weighted by Crippen LogP contribution is 2.42. The molecule has 0 spiro atoms. The maximum Gasteiger partial charge on any atom is 0.337 e. The molecule has 136 valence electrons. The van der Waals surface area contributed by atoms with Gasteiger partial charge in [-0.2, -0.15) is 0 Å². The molecule has 0 bridgehead atoms. The highest BCUT2D eigenvalue weighted by atomic mass is 32.1. The fraction of sp³-hybridized carbons (Fsp3) is 0.400. The molecule has 1 aliphatic heterocycles. The molecule has 0 radical (unpaired) electrons. The second-order valence-corrected chi connectivity index (χ2v) is 8.07. The molecule has 1 aliphatic carbocycles. The number of carbonyl (C=O) groups is 2. The van der Waals surface area contributed by atoms with E-state index in [9.17, 15) is 9.59 Å². The summed E-state index contributed by atoms with van der Waals surface area (Å²) in [6.07, 6.45) is 3.62. The molecule has 4 rings (SSSR count). The maximum absolute atomic E-state index is 12.6. The van der Waals surface area contributed by atoms with Crippen molar-refractivity contribution >= 4 is 28.9 Å². The summed E-state index contributed by atoms with van der Waals surface area (Å²) < 4.78 is 4.69. The van der Waals surface area contributed by atoms with Crippen LogP contribution in [-0.4, -0.2) is 32.1 Å². The predicted molar refractivity (Wildman–Crippen MR) is 101 cm³/mol. The van der Waals surface area contributed by atoms with E-state index in [2.05, 4.69) is 16.8 Å². The lowest BCUT2D eigenvalue weighted by Crippen LogP contribution is -3.14. The average molecular weight is 371 g/mol. The minimum atomic E-state index is -0.375. The summed E-state index contributed by atoms with van der Waals surface area (Å²) in [7, 11) is 1.36. The van der Waals surface area contributed by atoms with Gasteiger partial charge in [-0.05, 0) is 48.6 Å². The van der Waals surface area contributed by atoms with Gasteiger partial charge in [-0.3, -0.25) is 4.79 Å². The first-order chi connectivity index (χ1) is 12.7. The van der Waals surface area contributed by atoms with Crippen LogP contribution in [0.2, 0.25) is 0 Å². The van der Waals surface area contributed by atoms with E-state index in [1.807, 2.05) is 11.3 Å². The number of carbonyl (C=O) groups excluding carboxylic acids is 2. The molecular formula is C20H23N2O3S+. The van der Waals surface area contributed by atoms with Crippen LogP contribution in [0.1, 0.15) is 39.7 Å². The van der Waals surface area contributed by atoms with E-state index < -0.39 is 0 Å². The Morgan fingerprint density at radius 3 is 2.69 bits per heavy atom. The second-order valence-electron chi connectivity index (χ2n) is 7.07. The van der Waals surface area contributed by atoms with Crippen molar-refractivity contribution in [2.75, 3.05) is 25.5 Å². The molecule has 2 atom stereocenters. The smallest absolute Gasteiger partial charge is 0.337 e. The zero-order valence-electron chi connectivity index (χ0n) is 14.8. The number of ether oxygens (including phenoxy) is 1. The Hall–Kier alpha value is -2.18. The summed E-state index contributed by atoms with van der Waals surface area (Å²) >= 11 is 1.85. The van der Waals surface area contributed by atoms with Crippen LogP contribution < -0.4 is 10.2 Å². The van der Waals surface area contributed by atoms with Crippen molar-refractivity contribution in [3.63, 3.8) is 0 Å². The van der Waals surface area contributed by atoms with Crippen LogP contribution in [0, 0.1) is 5.92 Å². The molecule has 1 saturated carbocycles. The SMILES string of the molecule is COC(=O)c1ccc(NC(=O)C[NH+]2CCc3sccc3[C@@H]2C2CC2)cc1. The number of hydrogen-bond acceptors (Lipinski definition) is 4. The Bertz CT molecular complexity index is 811. The average Bonchev–Trinajstić information content (AvgIpc) is 3.37. The van der Waals surface area contributed by atoms with Crippen LogP contribution in [0.3, 0.4) is 0 Å². The van der Waals surface area contributed by atoms with Crippen molar-refractivity contribution in [1.29, 1.82) is 0 Å². The molecule has 0 saturated heterocycles. The summed E-state index contributed by atoms with van der Waals surface area (Å²) in [5, 5.41) is 5.15. The zero-order valence-corrected chi connectivity index (χ0v) is 15.6. The number of fused-ring (bicyclic) bond motifs is 1. The maximum atomic E-state index is 12.6. The molecular weight excluding hydrogens is 348 g/mol. The van der Waals surface area contributed by atoms with Gasteiger partial charge < -0.3 is 15.0 Å². The van der Waals surface area contributed by atoms with Crippen LogP contribution in [0.25, 0.3) is 0 Å². The van der Waals surface area contributed by atoms with Crippen molar-refractivity contribution in [2.45, 2.75) is 25.3 Å². The lowest BCUT2D eigenvalue weighted by atomic mass is 9.96. The largest absolute Gasteiger partial charge is 0.465 e. The van der Waals surface area contributed by atoms with Crippen molar-refractivity contribution in [3.8, 4) is 0 Å². The Labute approximate surface area is 157 Å². The number of rotatable bonds is 5. The number of nitrogens with one attached hydrogen (secondary N) is 2. The van der Waals surface area contributed by atoms with E-state index >= 15 is 0 Å². The van der Waals surface area contributed by atoms with Crippen molar-refractivity contribution in [3.05, 3.63) is 51.7 Å². The molecule has 1 aromatic heterocycles. The summed E-state index contributed by atoms with van der Waals surface area (Å²) in [6, 6.07) is 9.54. The fourth-order valence-electron chi connectivity index (χ4n) is 3.91. The van der Waals surface area contributed by atoms with Gasteiger partial charge in [0.25, 0.3) is 5.91 Å². The Morgan fingerprint density at radius 1 is 1.23 bits per heavy atom. The lowest BCUT2D eigenvalue weighted by molar-refractivity contribution is -0.928. The van der Waals surface area contributed by atoms with Crippen molar-refractivity contribution in [2.24, 2.45) is 5.92 Å². The molecule has 6 heteroatoms. The van der Waals surface area contributed by atoms with Crippen LogP contribution in [0.4, 0.5) is 5.69 Å². The molecule has 2 aromatic rings. The molecule has 26 heavy (non-hydrogen) atoms. The normalized spacial score (nSPS) is 21.7. The van der Waals surface area contributed by atoms with Gasteiger partial charge in [0.15, 0.2) is 6.54 Å². The second kappa shape index (κ2) is 7.21. The fourth-order valence-corrected chi connectivity index (χ4v) is 4.84. The number of hydrogen-bond donors (Lipinski definition) is 2. The minimum Gasteiger partial charge on any atom is -0.465 e. The van der Waals surface area contributed by atoms with E-state index in [0.717, 1.165) is 18.9 Å². The van der Waals surface area contributed by atoms with Crippen LogP contribution in [-0.2, 0) is 16.0 Å². The monoisotopic (exact) mass is 371 g/mol. The molecule has 1 aromatic carbocycles. The topological polar surface area (TPSA) is 59.8 Å². The quantitative estimate of drug-likeness (QED) is 0.791. The minimum absolute atomic E-state index is 0.0233. The third-order valence-electron chi connectivity index (χ3n) is 5.30.